The molecule has 42 heavy (non-hydrogen) atoms. The Morgan fingerprint density at radius 3 is 2.31 bits per heavy atom. The van der Waals surface area contributed by atoms with Gasteiger partial charge in [0.05, 0.1) is 11.2 Å². The van der Waals surface area contributed by atoms with Gasteiger partial charge in [-0.05, 0) is 81.8 Å². The number of aryl methyl sites for hydroxylation is 1. The number of aliphatic hydroxyl groups is 1. The van der Waals surface area contributed by atoms with Crippen molar-refractivity contribution in [3.05, 3.63) is 52.8 Å². The molecule has 2 amide bonds. The number of nitrogens with one attached hydrogen (secondary N) is 1. The molecular weight excluding hydrogens is 532 g/mol. The molecule has 0 radical (unpaired) electrons. The van der Waals surface area contributed by atoms with Gasteiger partial charge >= 0.3 is 5.97 Å². The van der Waals surface area contributed by atoms with Gasteiger partial charge in [-0.25, -0.2) is 4.79 Å². The number of piperidine rings is 1. The van der Waals surface area contributed by atoms with E-state index in [1.807, 2.05) is 17.0 Å². The number of unbranched alkanes of at least 4 members (excludes halogenated alkanes) is 1. The summed E-state index contributed by atoms with van der Waals surface area (Å²) in [5.74, 6) is -1.04. The summed E-state index contributed by atoms with van der Waals surface area (Å²) in [4.78, 5) is 43.2. The molecular formula is C33H46N4O5. The third-order valence-electron chi connectivity index (χ3n) is 9.90. The van der Waals surface area contributed by atoms with E-state index < -0.39 is 23.2 Å². The summed E-state index contributed by atoms with van der Waals surface area (Å²) in [6, 6.07) is 8.44. The molecule has 3 heterocycles. The molecule has 3 fully saturated rings. The van der Waals surface area contributed by atoms with Gasteiger partial charge in [0.15, 0.2) is 0 Å². The zero-order valence-corrected chi connectivity index (χ0v) is 25.3. The van der Waals surface area contributed by atoms with Crippen LogP contribution in [0.25, 0.3) is 5.69 Å². The van der Waals surface area contributed by atoms with Crippen LogP contribution in [0.4, 0.5) is 0 Å². The Hall–Kier alpha value is -3.17. The Labute approximate surface area is 248 Å². The van der Waals surface area contributed by atoms with Crippen molar-refractivity contribution >= 4 is 17.8 Å². The van der Waals surface area contributed by atoms with E-state index in [9.17, 15) is 24.6 Å². The Balaban J connectivity index is 1.28. The number of aromatic carboxylic acids is 1. The van der Waals surface area contributed by atoms with Crippen LogP contribution >= 0.6 is 0 Å². The summed E-state index contributed by atoms with van der Waals surface area (Å²) in [5.41, 5.74) is 2.85. The quantitative estimate of drug-likeness (QED) is 0.408. The van der Waals surface area contributed by atoms with Gasteiger partial charge in [-0.3, -0.25) is 14.5 Å². The third kappa shape index (κ3) is 5.86. The summed E-state index contributed by atoms with van der Waals surface area (Å²) < 4.78 is 2.15. The van der Waals surface area contributed by atoms with Crippen LogP contribution in [-0.4, -0.2) is 79.2 Å². The highest BCUT2D eigenvalue weighted by molar-refractivity contribution is 6.00. The molecule has 1 aliphatic carbocycles. The molecule has 1 saturated carbocycles. The van der Waals surface area contributed by atoms with Crippen molar-refractivity contribution < 1.29 is 24.6 Å². The highest BCUT2D eigenvalue weighted by atomic mass is 16.4. The number of rotatable bonds is 9. The molecule has 1 aromatic carbocycles. The second-order valence-electron chi connectivity index (χ2n) is 12.8. The van der Waals surface area contributed by atoms with E-state index in [1.54, 1.807) is 12.1 Å². The lowest BCUT2D eigenvalue weighted by molar-refractivity contribution is -0.163. The minimum atomic E-state index is -0.940. The van der Waals surface area contributed by atoms with Gasteiger partial charge < -0.3 is 25.0 Å². The highest BCUT2D eigenvalue weighted by Crippen LogP contribution is 2.38. The third-order valence-corrected chi connectivity index (χ3v) is 9.90. The maximum atomic E-state index is 13.9. The summed E-state index contributed by atoms with van der Waals surface area (Å²) in [6.07, 6.45) is 7.68. The summed E-state index contributed by atoms with van der Waals surface area (Å²) in [6.45, 7) is 8.95. The van der Waals surface area contributed by atoms with E-state index in [0.717, 1.165) is 55.7 Å². The normalized spacial score (nSPS) is 22.4. The second-order valence-corrected chi connectivity index (χ2v) is 12.8. The van der Waals surface area contributed by atoms with E-state index in [2.05, 4.69) is 41.6 Å². The number of hydrogen-bond donors (Lipinski definition) is 3. The Morgan fingerprint density at radius 2 is 1.69 bits per heavy atom. The number of carbonyl (C=O) groups is 3. The van der Waals surface area contributed by atoms with Crippen LogP contribution in [0.2, 0.25) is 0 Å². The molecule has 1 aromatic heterocycles. The number of hydrogen-bond acceptors (Lipinski definition) is 5. The van der Waals surface area contributed by atoms with Gasteiger partial charge in [0, 0.05) is 49.7 Å². The largest absolute Gasteiger partial charge is 0.478 e. The first-order valence-corrected chi connectivity index (χ1v) is 15.7. The fourth-order valence-corrected chi connectivity index (χ4v) is 7.41. The first kappa shape index (κ1) is 30.3. The zero-order valence-electron chi connectivity index (χ0n) is 25.3. The summed E-state index contributed by atoms with van der Waals surface area (Å²) in [7, 11) is 0. The predicted molar refractivity (Wildman–Crippen MR) is 161 cm³/mol. The minimum absolute atomic E-state index is 0.0343. The molecule has 0 unspecified atom stereocenters. The smallest absolute Gasteiger partial charge is 0.335 e. The number of amides is 2. The van der Waals surface area contributed by atoms with Crippen molar-refractivity contribution in [3.63, 3.8) is 0 Å². The second kappa shape index (κ2) is 12.2. The number of piperazine rings is 1. The van der Waals surface area contributed by atoms with Crippen LogP contribution in [0.15, 0.2) is 30.3 Å². The van der Waals surface area contributed by atoms with E-state index in [1.165, 1.54) is 5.56 Å². The number of carboxylic acid groups (broad SMARTS) is 1. The number of aromatic nitrogens is 1. The van der Waals surface area contributed by atoms with Gasteiger partial charge in [-0.15, -0.1) is 0 Å². The van der Waals surface area contributed by atoms with Crippen LogP contribution in [0.1, 0.15) is 98.4 Å². The number of likely N-dealkylation sites (tertiary alicyclic amines) is 1. The molecule has 2 aromatic rings. The molecule has 2 saturated heterocycles. The topological polar surface area (TPSA) is 115 Å². The maximum Gasteiger partial charge on any atom is 0.335 e. The average Bonchev–Trinajstić information content (AvgIpc) is 3.25. The molecule has 9 nitrogen and oxygen atoms in total. The summed E-state index contributed by atoms with van der Waals surface area (Å²) in [5, 5.41) is 23.5. The summed E-state index contributed by atoms with van der Waals surface area (Å²) >= 11 is 0. The molecule has 1 atom stereocenters. The Bertz CT molecular complexity index is 1300. The first-order valence-electron chi connectivity index (χ1n) is 15.7. The molecule has 9 heteroatoms. The van der Waals surface area contributed by atoms with Crippen LogP contribution in [0.3, 0.4) is 0 Å². The van der Waals surface area contributed by atoms with Gasteiger partial charge in [0.25, 0.3) is 0 Å². The zero-order chi connectivity index (χ0) is 30.1. The van der Waals surface area contributed by atoms with Crippen LogP contribution < -0.4 is 5.32 Å². The molecule has 3 aliphatic rings. The van der Waals surface area contributed by atoms with Crippen LogP contribution in [0.5, 0.6) is 0 Å². The SMILES string of the molecule is CCCCN1C(=O)[C@@H](CC2(O)CCCCC2)NC(=O)C12CCN(Cc1cc(C)n(-c3ccc(C(=O)O)cc3)c1C)CC2. The molecule has 228 valence electrons. The predicted octanol–water partition coefficient (Wildman–Crippen LogP) is 4.34. The Morgan fingerprint density at radius 1 is 1.02 bits per heavy atom. The standard InChI is InChI=1S/C33H46N4O5/c1-4-5-17-36-29(38)28(21-32(42)13-7-6-8-14-32)34-31(41)33(36)15-18-35(19-16-33)22-26-20-23(2)37(24(26)3)27-11-9-25(10-12-27)30(39)40/h9-12,20,28,42H,4-8,13-19,21-22H2,1-3H3,(H,34,41)(H,39,40)/t28-/m1/s1. The molecule has 0 bridgehead atoms. The number of benzene rings is 1. The lowest BCUT2D eigenvalue weighted by Gasteiger charge is -2.52. The van der Waals surface area contributed by atoms with Gasteiger partial charge in [-0.1, -0.05) is 32.6 Å². The van der Waals surface area contributed by atoms with Crippen LogP contribution in [-0.2, 0) is 16.1 Å². The van der Waals surface area contributed by atoms with Crippen molar-refractivity contribution in [1.29, 1.82) is 0 Å². The van der Waals surface area contributed by atoms with E-state index in [0.29, 0.717) is 51.7 Å². The Kier molecular flexibility index (Phi) is 8.81. The van der Waals surface area contributed by atoms with Crippen molar-refractivity contribution in [2.45, 2.75) is 109 Å². The fourth-order valence-electron chi connectivity index (χ4n) is 7.41. The van der Waals surface area contributed by atoms with E-state index in [-0.39, 0.29) is 17.4 Å². The number of carboxylic acids is 1. The molecule has 1 spiro atoms. The van der Waals surface area contributed by atoms with Crippen molar-refractivity contribution in [2.75, 3.05) is 19.6 Å². The number of carbonyl (C=O) groups excluding carboxylic acids is 2. The van der Waals surface area contributed by atoms with E-state index in [4.69, 9.17) is 0 Å². The molecule has 5 rings (SSSR count). The van der Waals surface area contributed by atoms with Crippen molar-refractivity contribution in [2.24, 2.45) is 0 Å². The monoisotopic (exact) mass is 578 g/mol. The number of nitrogens with zero attached hydrogens (tertiary/aromatic N) is 3. The van der Waals surface area contributed by atoms with Gasteiger partial charge in [-0.2, -0.15) is 0 Å². The first-order chi connectivity index (χ1) is 20.1. The van der Waals surface area contributed by atoms with Crippen LogP contribution in [0, 0.1) is 13.8 Å². The molecule has 2 aliphatic heterocycles. The minimum Gasteiger partial charge on any atom is -0.478 e. The van der Waals surface area contributed by atoms with Crippen molar-refractivity contribution in [1.82, 2.24) is 19.7 Å². The highest BCUT2D eigenvalue weighted by Gasteiger charge is 2.54. The average molecular weight is 579 g/mol. The maximum absolute atomic E-state index is 13.9. The lowest BCUT2D eigenvalue weighted by Crippen LogP contribution is -2.73. The van der Waals surface area contributed by atoms with Gasteiger partial charge in [0.1, 0.15) is 11.6 Å². The van der Waals surface area contributed by atoms with Crippen molar-refractivity contribution in [3.8, 4) is 5.69 Å². The van der Waals surface area contributed by atoms with Gasteiger partial charge in [0.2, 0.25) is 11.8 Å². The molecule has 3 N–H and O–H groups in total. The van der Waals surface area contributed by atoms with E-state index >= 15 is 0 Å². The lowest BCUT2D eigenvalue weighted by atomic mass is 9.77. The fraction of sp³-hybridized carbons (Fsp3) is 0.606.